The molecular formula is C19H24N4O2S2. The summed E-state index contributed by atoms with van der Waals surface area (Å²) in [5.74, 6) is 1.09. The van der Waals surface area contributed by atoms with Gasteiger partial charge in [-0.25, -0.2) is 4.98 Å². The lowest BCUT2D eigenvalue weighted by molar-refractivity contribution is 0.0410. The first-order valence-corrected chi connectivity index (χ1v) is 11.3. The second kappa shape index (κ2) is 9.23. The molecule has 3 heterocycles. The highest BCUT2D eigenvalue weighted by Crippen LogP contribution is 2.43. The lowest BCUT2D eigenvalue weighted by atomic mass is 9.96. The number of ether oxygens (including phenoxy) is 1. The van der Waals surface area contributed by atoms with Gasteiger partial charge in [-0.2, -0.15) is 0 Å². The van der Waals surface area contributed by atoms with Crippen LogP contribution in [-0.2, 0) is 11.2 Å². The summed E-state index contributed by atoms with van der Waals surface area (Å²) in [6.45, 7) is 4.87. The van der Waals surface area contributed by atoms with Crippen molar-refractivity contribution in [3.8, 4) is 0 Å². The fourth-order valence-electron chi connectivity index (χ4n) is 3.53. The molecule has 0 radical (unpaired) electrons. The smallest absolute Gasteiger partial charge is 0.251 e. The van der Waals surface area contributed by atoms with E-state index in [1.54, 1.807) is 18.0 Å². The maximum Gasteiger partial charge on any atom is 0.251 e. The third kappa shape index (κ3) is 4.93. The van der Waals surface area contributed by atoms with Crippen molar-refractivity contribution < 1.29 is 4.74 Å². The fraction of sp³-hybridized carbons (Fsp3) is 0.526. The van der Waals surface area contributed by atoms with Crippen molar-refractivity contribution in [1.82, 2.24) is 19.9 Å². The van der Waals surface area contributed by atoms with Crippen LogP contribution in [0.3, 0.4) is 0 Å². The van der Waals surface area contributed by atoms with E-state index in [2.05, 4.69) is 20.9 Å². The van der Waals surface area contributed by atoms with Crippen LogP contribution in [-0.4, -0.2) is 58.5 Å². The van der Waals surface area contributed by atoms with Gasteiger partial charge in [0.05, 0.1) is 24.2 Å². The molecule has 2 aliphatic rings. The van der Waals surface area contributed by atoms with Gasteiger partial charge in [-0.1, -0.05) is 11.8 Å². The van der Waals surface area contributed by atoms with Crippen LogP contribution in [0.5, 0.6) is 0 Å². The molecule has 27 heavy (non-hydrogen) atoms. The number of hydrogen-bond acceptors (Lipinski definition) is 7. The van der Waals surface area contributed by atoms with Crippen LogP contribution in [0, 0.1) is 0 Å². The van der Waals surface area contributed by atoms with Crippen LogP contribution in [0.15, 0.2) is 39.4 Å². The van der Waals surface area contributed by atoms with Gasteiger partial charge in [-0.05, 0) is 30.9 Å². The Morgan fingerprint density at radius 2 is 2.07 bits per heavy atom. The highest BCUT2D eigenvalue weighted by Gasteiger charge is 2.25. The van der Waals surface area contributed by atoms with Crippen molar-refractivity contribution in [3.63, 3.8) is 0 Å². The monoisotopic (exact) mass is 404 g/mol. The minimum absolute atomic E-state index is 0.107. The predicted octanol–water partition coefficient (Wildman–Crippen LogP) is 2.76. The van der Waals surface area contributed by atoms with E-state index in [0.29, 0.717) is 5.16 Å². The summed E-state index contributed by atoms with van der Waals surface area (Å²) < 4.78 is 5.42. The number of H-pyrrole nitrogens is 1. The number of pyridine rings is 1. The predicted molar refractivity (Wildman–Crippen MR) is 109 cm³/mol. The van der Waals surface area contributed by atoms with Gasteiger partial charge >= 0.3 is 0 Å². The Morgan fingerprint density at radius 3 is 2.93 bits per heavy atom. The number of fused-ring (bicyclic) bond motifs is 1. The van der Waals surface area contributed by atoms with Gasteiger partial charge in [0.2, 0.25) is 0 Å². The molecule has 6 nitrogen and oxygen atoms in total. The second-order valence-corrected chi connectivity index (χ2v) is 9.04. The van der Waals surface area contributed by atoms with Crippen LogP contribution in [0.25, 0.3) is 0 Å². The number of thioether (sulfide) groups is 2. The molecule has 0 saturated carbocycles. The van der Waals surface area contributed by atoms with E-state index < -0.39 is 0 Å². The summed E-state index contributed by atoms with van der Waals surface area (Å²) in [5.41, 5.74) is 2.43. The van der Waals surface area contributed by atoms with Gasteiger partial charge in [0.15, 0.2) is 5.16 Å². The first kappa shape index (κ1) is 19.0. The molecule has 0 spiro atoms. The van der Waals surface area contributed by atoms with E-state index in [1.165, 1.54) is 16.5 Å². The molecule has 1 atom stereocenters. The zero-order chi connectivity index (χ0) is 18.5. The molecule has 2 aromatic heterocycles. The molecular weight excluding hydrogens is 380 g/mol. The average molecular weight is 405 g/mol. The van der Waals surface area contributed by atoms with Crippen molar-refractivity contribution in [2.45, 2.75) is 34.6 Å². The number of morpholine rings is 1. The largest absolute Gasteiger partial charge is 0.379 e. The highest BCUT2D eigenvalue weighted by molar-refractivity contribution is 7.99. The third-order valence-corrected chi connectivity index (χ3v) is 7.17. The van der Waals surface area contributed by atoms with Crippen molar-refractivity contribution in [1.29, 1.82) is 0 Å². The number of nitrogens with zero attached hydrogens (tertiary/aromatic N) is 3. The maximum absolute atomic E-state index is 11.5. The summed E-state index contributed by atoms with van der Waals surface area (Å²) in [7, 11) is 0. The molecule has 1 unspecified atom stereocenters. The standard InChI is InChI=1S/C19H24N4O2S2/c24-17-5-7-21-19(22-17)27-16-3-1-2-14-15(4-6-20-18(14)16)26-13-10-23-8-11-25-12-9-23/h4-7,16H,1-3,8-13H2,(H,21,22,24). The number of hydrogen-bond donors (Lipinski definition) is 1. The van der Waals surface area contributed by atoms with E-state index in [1.807, 2.05) is 18.0 Å². The van der Waals surface area contributed by atoms with Crippen LogP contribution < -0.4 is 5.56 Å². The quantitative estimate of drug-likeness (QED) is 0.586. The van der Waals surface area contributed by atoms with Gasteiger partial charge in [0.1, 0.15) is 0 Å². The highest BCUT2D eigenvalue weighted by atomic mass is 32.2. The van der Waals surface area contributed by atoms with Crippen LogP contribution in [0.1, 0.15) is 29.3 Å². The van der Waals surface area contributed by atoms with E-state index in [9.17, 15) is 4.79 Å². The molecule has 0 bridgehead atoms. The molecule has 8 heteroatoms. The Balaban J connectivity index is 1.43. The molecule has 1 aliphatic carbocycles. The molecule has 1 N–H and O–H groups in total. The van der Waals surface area contributed by atoms with Crippen molar-refractivity contribution in [2.75, 3.05) is 38.6 Å². The first-order valence-electron chi connectivity index (χ1n) is 9.42. The third-order valence-electron chi connectivity index (χ3n) is 4.91. The molecule has 1 saturated heterocycles. The van der Waals surface area contributed by atoms with E-state index in [4.69, 9.17) is 9.72 Å². The molecule has 2 aromatic rings. The van der Waals surface area contributed by atoms with Crippen molar-refractivity contribution in [2.24, 2.45) is 0 Å². The Morgan fingerprint density at radius 1 is 1.22 bits per heavy atom. The Bertz CT molecular complexity index is 823. The van der Waals surface area contributed by atoms with Gasteiger partial charge in [0.25, 0.3) is 5.56 Å². The summed E-state index contributed by atoms with van der Waals surface area (Å²) in [6.07, 6.45) is 6.78. The Kier molecular flexibility index (Phi) is 6.49. The normalized spacial score (nSPS) is 20.4. The average Bonchev–Trinajstić information content (AvgIpc) is 2.69. The van der Waals surface area contributed by atoms with Gasteiger partial charge in [-0.15, -0.1) is 11.8 Å². The lowest BCUT2D eigenvalue weighted by Gasteiger charge is -2.27. The summed E-state index contributed by atoms with van der Waals surface area (Å²) in [4.78, 5) is 27.2. The molecule has 0 amide bonds. The van der Waals surface area contributed by atoms with Crippen molar-refractivity contribution in [3.05, 3.63) is 46.1 Å². The number of nitrogens with one attached hydrogen (secondary N) is 1. The molecule has 1 fully saturated rings. The van der Waals surface area contributed by atoms with Gasteiger partial charge < -0.3 is 9.72 Å². The Hall–Kier alpha value is -1.35. The summed E-state index contributed by atoms with van der Waals surface area (Å²) in [5, 5.41) is 0.923. The Labute approximate surface area is 167 Å². The van der Waals surface area contributed by atoms with Crippen molar-refractivity contribution >= 4 is 23.5 Å². The van der Waals surface area contributed by atoms with Crippen LogP contribution in [0.4, 0.5) is 0 Å². The zero-order valence-electron chi connectivity index (χ0n) is 15.2. The van der Waals surface area contributed by atoms with E-state index in [0.717, 1.165) is 63.6 Å². The first-order chi connectivity index (χ1) is 13.3. The number of rotatable bonds is 6. The van der Waals surface area contributed by atoms with Crippen LogP contribution >= 0.6 is 23.5 Å². The van der Waals surface area contributed by atoms with E-state index in [-0.39, 0.29) is 10.8 Å². The van der Waals surface area contributed by atoms with Crippen LogP contribution in [0.2, 0.25) is 0 Å². The minimum Gasteiger partial charge on any atom is -0.379 e. The topological polar surface area (TPSA) is 71.1 Å². The molecule has 144 valence electrons. The fourth-order valence-corrected chi connectivity index (χ4v) is 5.78. The zero-order valence-corrected chi connectivity index (χ0v) is 16.9. The van der Waals surface area contributed by atoms with Gasteiger partial charge in [-0.3, -0.25) is 14.7 Å². The summed E-state index contributed by atoms with van der Waals surface area (Å²) >= 11 is 3.55. The number of aromatic amines is 1. The lowest BCUT2D eigenvalue weighted by Crippen LogP contribution is -2.37. The minimum atomic E-state index is -0.107. The van der Waals surface area contributed by atoms with Gasteiger partial charge in [0, 0.05) is 48.7 Å². The number of aromatic nitrogens is 3. The molecule has 0 aromatic carbocycles. The maximum atomic E-state index is 11.5. The molecule has 1 aliphatic heterocycles. The molecule has 4 rings (SSSR count). The second-order valence-electron chi connectivity index (χ2n) is 6.71. The summed E-state index contributed by atoms with van der Waals surface area (Å²) in [6, 6.07) is 3.60. The SMILES string of the molecule is O=c1ccnc(SC2CCCc3c(SCCN4CCOCC4)ccnc32)[nH]1. The van der Waals surface area contributed by atoms with E-state index >= 15 is 0 Å².